The number of aromatic nitrogens is 2. The fourth-order valence-electron chi connectivity index (χ4n) is 2.29. The average Bonchev–Trinajstić information content (AvgIpc) is 2.57. The number of halogens is 1. The van der Waals surface area contributed by atoms with E-state index in [0.717, 1.165) is 8.14 Å². The van der Waals surface area contributed by atoms with E-state index in [1.807, 2.05) is 6.07 Å². The molecule has 3 rings (SSSR count). The maximum atomic E-state index is 12.5. The molecule has 0 saturated heterocycles. The van der Waals surface area contributed by atoms with Crippen LogP contribution in [-0.4, -0.2) is 20.4 Å². The summed E-state index contributed by atoms with van der Waals surface area (Å²) in [5, 5.41) is 13.7. The van der Waals surface area contributed by atoms with Crippen LogP contribution in [0.4, 0.5) is 11.4 Å². The number of hydrogen-bond acceptors (Lipinski definition) is 5. The number of carbonyl (C=O) groups excluding carboxylic acids is 1. The van der Waals surface area contributed by atoms with Crippen molar-refractivity contribution >= 4 is 50.8 Å². The minimum atomic E-state index is -0.583. The summed E-state index contributed by atoms with van der Waals surface area (Å²) in [6.07, 6.45) is 1.25. The van der Waals surface area contributed by atoms with Crippen LogP contribution in [0.25, 0.3) is 10.9 Å². The van der Waals surface area contributed by atoms with Crippen LogP contribution in [0.2, 0.25) is 0 Å². The van der Waals surface area contributed by atoms with Crippen molar-refractivity contribution < 1.29 is 9.72 Å². The summed E-state index contributed by atoms with van der Waals surface area (Å²) in [6, 6.07) is 11.1. The second-order valence-electron chi connectivity index (χ2n) is 5.19. The molecule has 0 spiro atoms. The van der Waals surface area contributed by atoms with Crippen molar-refractivity contribution in [2.24, 2.45) is 0 Å². The van der Waals surface area contributed by atoms with E-state index >= 15 is 0 Å². The molecule has 9 heteroatoms. The van der Waals surface area contributed by atoms with E-state index in [1.165, 1.54) is 24.5 Å². The van der Waals surface area contributed by atoms with Gasteiger partial charge in [0.05, 0.1) is 22.2 Å². The van der Waals surface area contributed by atoms with Crippen molar-refractivity contribution in [3.05, 3.63) is 72.8 Å². The van der Waals surface area contributed by atoms with Crippen molar-refractivity contribution in [1.29, 1.82) is 0 Å². The van der Waals surface area contributed by atoms with Crippen LogP contribution in [0.3, 0.4) is 0 Å². The van der Waals surface area contributed by atoms with Crippen LogP contribution in [0, 0.1) is 13.7 Å². The van der Waals surface area contributed by atoms with Gasteiger partial charge in [0.1, 0.15) is 6.54 Å². The summed E-state index contributed by atoms with van der Waals surface area (Å²) in [6.45, 7) is -0.240. The molecule has 1 heterocycles. The first-order valence-electron chi connectivity index (χ1n) is 7.13. The van der Waals surface area contributed by atoms with Crippen molar-refractivity contribution in [2.75, 3.05) is 5.32 Å². The first-order valence-corrected chi connectivity index (χ1v) is 8.21. The topological polar surface area (TPSA) is 107 Å². The van der Waals surface area contributed by atoms with Gasteiger partial charge in [-0.2, -0.15) is 0 Å². The van der Waals surface area contributed by atoms with Crippen LogP contribution in [-0.2, 0) is 11.3 Å². The number of fused-ring (bicyclic) bond motifs is 1. The van der Waals surface area contributed by atoms with E-state index in [0.29, 0.717) is 11.2 Å². The summed E-state index contributed by atoms with van der Waals surface area (Å²) in [7, 11) is 0. The lowest BCUT2D eigenvalue weighted by Gasteiger charge is -2.08. The Bertz CT molecular complexity index is 1050. The molecule has 1 amide bonds. The summed E-state index contributed by atoms with van der Waals surface area (Å²) >= 11 is 2.13. The fourth-order valence-corrected chi connectivity index (χ4v) is 2.84. The molecular weight excluding hydrogens is 439 g/mol. The van der Waals surface area contributed by atoms with Gasteiger partial charge in [0, 0.05) is 21.4 Å². The van der Waals surface area contributed by atoms with Gasteiger partial charge in [0.2, 0.25) is 5.91 Å². The molecule has 8 nitrogen and oxygen atoms in total. The molecule has 1 aromatic heterocycles. The zero-order valence-corrected chi connectivity index (χ0v) is 14.8. The van der Waals surface area contributed by atoms with Gasteiger partial charge in [0.25, 0.3) is 11.2 Å². The minimum absolute atomic E-state index is 0.0961. The minimum Gasteiger partial charge on any atom is -0.325 e. The smallest absolute Gasteiger partial charge is 0.270 e. The van der Waals surface area contributed by atoms with Gasteiger partial charge in [0.15, 0.2) is 0 Å². The molecule has 0 aliphatic rings. The molecule has 0 fully saturated rings. The zero-order chi connectivity index (χ0) is 18.0. The molecule has 0 unspecified atom stereocenters. The van der Waals surface area contributed by atoms with Crippen LogP contribution in [0.15, 0.2) is 53.6 Å². The highest BCUT2D eigenvalue weighted by Crippen LogP contribution is 2.16. The summed E-state index contributed by atoms with van der Waals surface area (Å²) in [5.74, 6) is -0.393. The predicted molar refractivity (Wildman–Crippen MR) is 100 cm³/mol. The number of amides is 1. The molecule has 0 bridgehead atoms. The number of nitrogens with one attached hydrogen (secondary N) is 1. The molecule has 126 valence electrons. The monoisotopic (exact) mass is 450 g/mol. The predicted octanol–water partition coefficient (Wildman–Crippen LogP) is 2.55. The molecule has 0 saturated carbocycles. The van der Waals surface area contributed by atoms with E-state index < -0.39 is 16.4 Å². The first kappa shape index (κ1) is 17.0. The Morgan fingerprint density at radius 2 is 2.08 bits per heavy atom. The van der Waals surface area contributed by atoms with E-state index in [9.17, 15) is 19.7 Å². The number of nitro groups is 1. The second kappa shape index (κ2) is 6.97. The zero-order valence-electron chi connectivity index (χ0n) is 12.7. The van der Waals surface area contributed by atoms with Crippen molar-refractivity contribution in [2.45, 2.75) is 6.54 Å². The molecule has 25 heavy (non-hydrogen) atoms. The van der Waals surface area contributed by atoms with Gasteiger partial charge in [-0.15, -0.1) is 0 Å². The summed E-state index contributed by atoms with van der Waals surface area (Å²) in [4.78, 5) is 39.0. The number of nitrogens with zero attached hydrogens (tertiary/aromatic N) is 3. The van der Waals surface area contributed by atoms with Gasteiger partial charge >= 0.3 is 0 Å². The molecule has 2 aromatic carbocycles. The Morgan fingerprint density at radius 3 is 2.80 bits per heavy atom. The highest BCUT2D eigenvalue weighted by atomic mass is 127. The van der Waals surface area contributed by atoms with Gasteiger partial charge in [-0.05, 0) is 46.9 Å². The van der Waals surface area contributed by atoms with Crippen molar-refractivity contribution in [1.82, 2.24) is 9.55 Å². The molecule has 0 aliphatic carbocycles. The largest absolute Gasteiger partial charge is 0.325 e. The molecule has 1 N–H and O–H groups in total. The quantitative estimate of drug-likeness (QED) is 0.374. The SMILES string of the molecule is O=C(Cn1cnc2ccc([N+](=O)[O-])cc2c1=O)Nc1cccc(I)c1. The summed E-state index contributed by atoms with van der Waals surface area (Å²) in [5.41, 5.74) is 0.248. The summed E-state index contributed by atoms with van der Waals surface area (Å²) < 4.78 is 2.09. The number of anilines is 1. The lowest BCUT2D eigenvalue weighted by Crippen LogP contribution is -2.28. The molecule has 0 atom stereocenters. The van der Waals surface area contributed by atoms with E-state index in [4.69, 9.17) is 0 Å². The Balaban J connectivity index is 1.88. The molecule has 0 radical (unpaired) electrons. The van der Waals surface area contributed by atoms with Gasteiger partial charge in [-0.3, -0.25) is 24.3 Å². The molecular formula is C16H11IN4O4. The highest BCUT2D eigenvalue weighted by Gasteiger charge is 2.12. The molecule has 0 aliphatic heterocycles. The third-order valence-electron chi connectivity index (χ3n) is 3.44. The highest BCUT2D eigenvalue weighted by molar-refractivity contribution is 14.1. The van der Waals surface area contributed by atoms with E-state index in [-0.39, 0.29) is 17.6 Å². The van der Waals surface area contributed by atoms with Gasteiger partial charge in [-0.25, -0.2) is 4.98 Å². The Hall–Kier alpha value is -2.82. The van der Waals surface area contributed by atoms with Gasteiger partial charge in [-0.1, -0.05) is 6.07 Å². The fraction of sp³-hybridized carbons (Fsp3) is 0.0625. The second-order valence-corrected chi connectivity index (χ2v) is 6.44. The third-order valence-corrected chi connectivity index (χ3v) is 4.11. The van der Waals surface area contributed by atoms with Crippen LogP contribution >= 0.6 is 22.6 Å². The number of carbonyl (C=O) groups is 1. The standard InChI is InChI=1S/C16H11IN4O4/c17-10-2-1-3-11(6-10)19-15(22)8-20-9-18-14-5-4-12(21(24)25)7-13(14)16(20)23/h1-7,9H,8H2,(H,19,22). The Labute approximate surface area is 154 Å². The van der Waals surface area contributed by atoms with Crippen LogP contribution in [0.1, 0.15) is 0 Å². The third kappa shape index (κ3) is 3.82. The number of rotatable bonds is 4. The number of non-ortho nitro benzene ring substituents is 1. The van der Waals surface area contributed by atoms with Crippen LogP contribution < -0.4 is 10.9 Å². The number of hydrogen-bond donors (Lipinski definition) is 1. The first-order chi connectivity index (χ1) is 11.9. The maximum Gasteiger partial charge on any atom is 0.270 e. The van der Waals surface area contributed by atoms with E-state index in [2.05, 4.69) is 32.9 Å². The molecule has 3 aromatic rings. The number of nitro benzene ring substituents is 1. The van der Waals surface area contributed by atoms with Crippen molar-refractivity contribution in [3.63, 3.8) is 0 Å². The average molecular weight is 450 g/mol. The van der Waals surface area contributed by atoms with Crippen molar-refractivity contribution in [3.8, 4) is 0 Å². The van der Waals surface area contributed by atoms with Crippen LogP contribution in [0.5, 0.6) is 0 Å². The van der Waals surface area contributed by atoms with E-state index in [1.54, 1.807) is 18.2 Å². The maximum absolute atomic E-state index is 12.5. The number of benzene rings is 2. The Morgan fingerprint density at radius 1 is 1.28 bits per heavy atom. The lowest BCUT2D eigenvalue weighted by atomic mass is 10.2. The Kier molecular flexibility index (Phi) is 4.74. The lowest BCUT2D eigenvalue weighted by molar-refractivity contribution is -0.384. The van der Waals surface area contributed by atoms with Gasteiger partial charge < -0.3 is 5.32 Å². The normalized spacial score (nSPS) is 10.6.